The van der Waals surface area contributed by atoms with Crippen LogP contribution < -0.4 is 15.8 Å². The van der Waals surface area contributed by atoms with E-state index in [1.807, 2.05) is 5.40 Å². The number of hydrogen-bond acceptors (Lipinski definition) is 6. The van der Waals surface area contributed by atoms with Gasteiger partial charge in [0.25, 0.3) is 0 Å². The van der Waals surface area contributed by atoms with Crippen LogP contribution in [0.25, 0.3) is 0 Å². The summed E-state index contributed by atoms with van der Waals surface area (Å²) in [4.78, 5) is 24.3. The second-order valence-electron chi connectivity index (χ2n) is 4.70. The maximum absolute atomic E-state index is 11.9. The van der Waals surface area contributed by atoms with Crippen molar-refractivity contribution in [2.24, 2.45) is 5.14 Å². The number of sulfonamides is 1. The van der Waals surface area contributed by atoms with Crippen molar-refractivity contribution in [3.8, 4) is 5.40 Å². The van der Waals surface area contributed by atoms with E-state index in [1.165, 1.54) is 24.3 Å². The lowest BCUT2D eigenvalue weighted by Crippen LogP contribution is -2.29. The fourth-order valence-electron chi connectivity index (χ4n) is 1.76. The molecular weight excluding hydrogens is 364 g/mol. The zero-order chi connectivity index (χ0) is 18.4. The summed E-state index contributed by atoms with van der Waals surface area (Å²) in [6.07, 6.45) is 0. The van der Waals surface area contributed by atoms with Gasteiger partial charge >= 0.3 is 11.8 Å². The first-order valence-corrected chi connectivity index (χ1v) is 9.07. The summed E-state index contributed by atoms with van der Waals surface area (Å²) in [6.45, 7) is 0. The van der Waals surface area contributed by atoms with Gasteiger partial charge in [-0.3, -0.25) is 9.59 Å². The average Bonchev–Trinajstić information content (AvgIpc) is 2.56. The predicted molar refractivity (Wildman–Crippen MR) is 93.0 cm³/mol. The van der Waals surface area contributed by atoms with Gasteiger partial charge in [-0.1, -0.05) is 0 Å². The van der Waals surface area contributed by atoms with Crippen LogP contribution in [0.2, 0.25) is 0 Å². The summed E-state index contributed by atoms with van der Waals surface area (Å²) in [5.74, 6) is -1.81. The standard InChI is InChI=1S/C15H12N4O4S2/c16-9-24-12-5-1-10(2-6-12)18-14(20)15(21)19-11-3-7-13(8-4-11)25(17,22)23/h1-8H,(H,18,20)(H,19,21)(H2,17,22,23). The number of anilines is 2. The normalized spacial score (nSPS) is 10.6. The van der Waals surface area contributed by atoms with E-state index in [0.717, 1.165) is 11.8 Å². The number of primary sulfonamides is 1. The van der Waals surface area contributed by atoms with Crippen LogP contribution in [0, 0.1) is 10.7 Å². The highest BCUT2D eigenvalue weighted by atomic mass is 32.2. The van der Waals surface area contributed by atoms with Gasteiger partial charge in [0.2, 0.25) is 10.0 Å². The molecular formula is C15H12N4O4S2. The molecule has 25 heavy (non-hydrogen) atoms. The molecule has 2 rings (SSSR count). The molecule has 2 amide bonds. The van der Waals surface area contributed by atoms with E-state index in [4.69, 9.17) is 10.4 Å². The summed E-state index contributed by atoms with van der Waals surface area (Å²) in [7, 11) is -3.83. The van der Waals surface area contributed by atoms with Crippen LogP contribution in [0.3, 0.4) is 0 Å². The van der Waals surface area contributed by atoms with Crippen LogP contribution >= 0.6 is 11.8 Å². The zero-order valence-electron chi connectivity index (χ0n) is 12.6. The van der Waals surface area contributed by atoms with Gasteiger partial charge in [-0.05, 0) is 60.3 Å². The van der Waals surface area contributed by atoms with E-state index in [0.29, 0.717) is 10.6 Å². The Hall–Kier alpha value is -2.87. The molecule has 0 spiro atoms. The van der Waals surface area contributed by atoms with Gasteiger partial charge in [0.15, 0.2) is 0 Å². The minimum Gasteiger partial charge on any atom is -0.318 e. The molecule has 0 aromatic heterocycles. The van der Waals surface area contributed by atoms with E-state index in [2.05, 4.69) is 10.6 Å². The Morgan fingerprint density at radius 3 is 1.76 bits per heavy atom. The van der Waals surface area contributed by atoms with Gasteiger partial charge in [0.05, 0.1) is 4.90 Å². The molecule has 0 fully saturated rings. The van der Waals surface area contributed by atoms with Gasteiger partial charge in [0, 0.05) is 16.3 Å². The van der Waals surface area contributed by atoms with E-state index in [9.17, 15) is 18.0 Å². The van der Waals surface area contributed by atoms with Crippen LogP contribution in [0.4, 0.5) is 11.4 Å². The SMILES string of the molecule is N#CSc1ccc(NC(=O)C(=O)Nc2ccc(S(N)(=O)=O)cc2)cc1. The first-order valence-electron chi connectivity index (χ1n) is 6.71. The number of carbonyl (C=O) groups excluding carboxylic acids is 2. The molecule has 128 valence electrons. The van der Waals surface area contributed by atoms with Crippen molar-refractivity contribution in [1.82, 2.24) is 0 Å². The molecule has 0 heterocycles. The maximum atomic E-state index is 11.9. The van der Waals surface area contributed by atoms with Gasteiger partial charge in [0.1, 0.15) is 5.40 Å². The van der Waals surface area contributed by atoms with E-state index in [-0.39, 0.29) is 10.6 Å². The Bertz CT molecular complexity index is 933. The number of carbonyl (C=O) groups is 2. The number of nitriles is 1. The lowest BCUT2D eigenvalue weighted by Gasteiger charge is -2.07. The van der Waals surface area contributed by atoms with Crippen molar-refractivity contribution in [2.75, 3.05) is 10.6 Å². The van der Waals surface area contributed by atoms with Gasteiger partial charge in [-0.25, -0.2) is 13.6 Å². The largest absolute Gasteiger partial charge is 0.318 e. The number of amides is 2. The number of nitrogens with zero attached hydrogens (tertiary/aromatic N) is 1. The Balaban J connectivity index is 1.98. The first kappa shape index (κ1) is 18.5. The summed E-state index contributed by atoms with van der Waals surface area (Å²) in [6, 6.07) is 11.5. The average molecular weight is 376 g/mol. The Morgan fingerprint density at radius 2 is 1.36 bits per heavy atom. The van der Waals surface area contributed by atoms with E-state index in [1.54, 1.807) is 24.3 Å². The third kappa shape index (κ3) is 5.32. The van der Waals surface area contributed by atoms with Crippen LogP contribution in [0.15, 0.2) is 58.3 Å². The van der Waals surface area contributed by atoms with Gasteiger partial charge in [-0.2, -0.15) is 5.26 Å². The molecule has 2 aromatic carbocycles. The second kappa shape index (κ2) is 7.80. The molecule has 0 saturated carbocycles. The summed E-state index contributed by atoms with van der Waals surface area (Å²) in [5.41, 5.74) is 0.639. The van der Waals surface area contributed by atoms with Crippen LogP contribution in [-0.4, -0.2) is 20.2 Å². The second-order valence-corrected chi connectivity index (χ2v) is 7.11. The molecule has 0 radical (unpaired) electrons. The molecule has 0 atom stereocenters. The van der Waals surface area contributed by atoms with Crippen molar-refractivity contribution in [2.45, 2.75) is 9.79 Å². The Morgan fingerprint density at radius 1 is 0.920 bits per heavy atom. The molecule has 0 aliphatic heterocycles. The van der Waals surface area contributed by atoms with Crippen LogP contribution in [0.1, 0.15) is 0 Å². The number of rotatable bonds is 4. The van der Waals surface area contributed by atoms with Crippen molar-refractivity contribution in [3.05, 3.63) is 48.5 Å². The molecule has 0 aliphatic carbocycles. The molecule has 2 aromatic rings. The van der Waals surface area contributed by atoms with Crippen molar-refractivity contribution < 1.29 is 18.0 Å². The first-order chi connectivity index (χ1) is 11.8. The van der Waals surface area contributed by atoms with Crippen molar-refractivity contribution >= 4 is 45.0 Å². The topological polar surface area (TPSA) is 142 Å². The lowest BCUT2D eigenvalue weighted by molar-refractivity contribution is -0.132. The summed E-state index contributed by atoms with van der Waals surface area (Å²) < 4.78 is 22.3. The summed E-state index contributed by atoms with van der Waals surface area (Å²) in [5, 5.41) is 20.2. The van der Waals surface area contributed by atoms with E-state index >= 15 is 0 Å². The molecule has 0 aliphatic rings. The van der Waals surface area contributed by atoms with Crippen molar-refractivity contribution in [1.29, 1.82) is 5.26 Å². The molecule has 0 unspecified atom stereocenters. The number of nitrogens with two attached hydrogens (primary N) is 1. The molecule has 0 bridgehead atoms. The smallest absolute Gasteiger partial charge is 0.314 e. The van der Waals surface area contributed by atoms with Gasteiger partial charge in [-0.15, -0.1) is 0 Å². The minimum atomic E-state index is -3.83. The number of hydrogen-bond donors (Lipinski definition) is 3. The highest BCUT2D eigenvalue weighted by Crippen LogP contribution is 2.19. The minimum absolute atomic E-state index is 0.106. The maximum Gasteiger partial charge on any atom is 0.314 e. The third-order valence-electron chi connectivity index (χ3n) is 2.92. The zero-order valence-corrected chi connectivity index (χ0v) is 14.2. The van der Waals surface area contributed by atoms with Crippen LogP contribution in [0.5, 0.6) is 0 Å². The Labute approximate surface area is 148 Å². The van der Waals surface area contributed by atoms with Gasteiger partial charge < -0.3 is 10.6 Å². The quantitative estimate of drug-likeness (QED) is 0.419. The highest BCUT2D eigenvalue weighted by molar-refractivity contribution is 8.03. The van der Waals surface area contributed by atoms with Crippen molar-refractivity contribution in [3.63, 3.8) is 0 Å². The van der Waals surface area contributed by atoms with E-state index < -0.39 is 21.8 Å². The number of benzene rings is 2. The number of thioether (sulfide) groups is 1. The number of thiocyanates is 1. The third-order valence-corrected chi connectivity index (χ3v) is 4.45. The molecule has 8 nitrogen and oxygen atoms in total. The molecule has 4 N–H and O–H groups in total. The Kier molecular flexibility index (Phi) is 5.76. The number of nitrogens with one attached hydrogen (secondary N) is 2. The lowest BCUT2D eigenvalue weighted by atomic mass is 10.3. The summed E-state index contributed by atoms with van der Waals surface area (Å²) >= 11 is 0.976. The predicted octanol–water partition coefficient (Wildman–Crippen LogP) is 1.48. The fourth-order valence-corrected chi connectivity index (χ4v) is 2.66. The molecule has 10 heteroatoms. The monoisotopic (exact) mass is 376 g/mol. The highest BCUT2D eigenvalue weighted by Gasteiger charge is 2.15. The molecule has 0 saturated heterocycles. The fraction of sp³-hybridized carbons (Fsp3) is 0. The van der Waals surface area contributed by atoms with Crippen LogP contribution in [-0.2, 0) is 19.6 Å².